The predicted molar refractivity (Wildman–Crippen MR) is 255 cm³/mol. The molecule has 11 aromatic rings. The Morgan fingerprint density at radius 3 is 1.67 bits per heavy atom. The maximum absolute atomic E-state index is 2.46. The predicted octanol–water partition coefficient (Wildman–Crippen LogP) is 16.1. The van der Waals surface area contributed by atoms with Gasteiger partial charge in [-0.3, -0.25) is 0 Å². The first-order valence-electron chi connectivity index (χ1n) is 20.6. The van der Waals surface area contributed by atoms with E-state index in [-0.39, 0.29) is 0 Å². The fourth-order valence-corrected chi connectivity index (χ4v) is 9.01. The Labute approximate surface area is 350 Å². The number of benzene rings is 10. The third-order valence-corrected chi connectivity index (χ3v) is 11.8. The minimum Gasteiger partial charge on any atom is -0.310 e. The van der Waals surface area contributed by atoms with Gasteiger partial charge in [-0.1, -0.05) is 188 Å². The highest BCUT2D eigenvalue weighted by Crippen LogP contribution is 2.49. The second-order valence-corrected chi connectivity index (χ2v) is 15.3. The molecule has 2 heteroatoms. The van der Waals surface area contributed by atoms with Gasteiger partial charge in [-0.25, -0.2) is 0 Å². The van der Waals surface area contributed by atoms with E-state index in [1.807, 2.05) is 0 Å². The minimum absolute atomic E-state index is 1.08. The first kappa shape index (κ1) is 35.2. The summed E-state index contributed by atoms with van der Waals surface area (Å²) in [6, 6.07) is 88.0. The molecule has 0 aliphatic heterocycles. The summed E-state index contributed by atoms with van der Waals surface area (Å²) in [5.74, 6) is 0. The van der Waals surface area contributed by atoms with E-state index in [2.05, 4.69) is 252 Å². The van der Waals surface area contributed by atoms with E-state index < -0.39 is 0 Å². The number of rotatable bonds is 8. The largest absolute Gasteiger partial charge is 0.310 e. The van der Waals surface area contributed by atoms with Gasteiger partial charge in [0.2, 0.25) is 0 Å². The van der Waals surface area contributed by atoms with Crippen molar-refractivity contribution >= 4 is 49.6 Å². The van der Waals surface area contributed by atoms with Crippen LogP contribution in [0.25, 0.3) is 82.8 Å². The average molecular weight is 765 g/mol. The maximum atomic E-state index is 2.46. The second-order valence-electron chi connectivity index (χ2n) is 15.3. The Morgan fingerprint density at radius 2 is 0.867 bits per heavy atom. The van der Waals surface area contributed by atoms with Crippen LogP contribution < -0.4 is 4.90 Å². The molecule has 0 aliphatic carbocycles. The maximum Gasteiger partial charge on any atom is 0.0547 e. The summed E-state index contributed by atoms with van der Waals surface area (Å²) in [6.45, 7) is 0. The third kappa shape index (κ3) is 6.23. The number of aromatic nitrogens is 1. The summed E-state index contributed by atoms with van der Waals surface area (Å²) >= 11 is 0. The van der Waals surface area contributed by atoms with E-state index in [0.717, 1.165) is 33.9 Å². The summed E-state index contributed by atoms with van der Waals surface area (Å²) in [5, 5.41) is 4.90. The molecule has 0 N–H and O–H groups in total. The molecule has 11 rings (SSSR count). The molecule has 0 saturated carbocycles. The molecule has 0 bridgehead atoms. The topological polar surface area (TPSA) is 8.17 Å². The highest BCUT2D eigenvalue weighted by Gasteiger charge is 2.23. The van der Waals surface area contributed by atoms with Crippen LogP contribution in [-0.2, 0) is 0 Å². The number of fused-ring (bicyclic) bond motifs is 4. The van der Waals surface area contributed by atoms with Gasteiger partial charge in [0.05, 0.1) is 16.7 Å². The summed E-state index contributed by atoms with van der Waals surface area (Å²) < 4.78 is 2.39. The SMILES string of the molecule is c1ccc(-c2ccccc2-c2c(-c3ccccc3)cccc2N(c2cccc(-c3ccc4c5ccccc5n(-c5ccccc5)c4c3)c2)c2ccc3ccccc3c2)cc1. The molecular formula is C58H40N2. The van der Waals surface area contributed by atoms with Crippen molar-refractivity contribution in [2.45, 2.75) is 0 Å². The Balaban J connectivity index is 1.16. The molecule has 0 aliphatic rings. The van der Waals surface area contributed by atoms with Crippen LogP contribution in [0.5, 0.6) is 0 Å². The van der Waals surface area contributed by atoms with Gasteiger partial charge in [0.1, 0.15) is 0 Å². The lowest BCUT2D eigenvalue weighted by Crippen LogP contribution is -2.12. The molecule has 10 aromatic carbocycles. The first-order chi connectivity index (χ1) is 29.8. The Hall–Kier alpha value is -7.94. The van der Waals surface area contributed by atoms with Gasteiger partial charge in [-0.05, 0) is 104 Å². The summed E-state index contributed by atoms with van der Waals surface area (Å²) in [4.78, 5) is 2.46. The Bertz CT molecular complexity index is 3310. The lowest BCUT2D eigenvalue weighted by Gasteiger charge is -2.30. The first-order valence-corrected chi connectivity index (χ1v) is 20.6. The molecule has 0 spiro atoms. The van der Waals surface area contributed by atoms with Crippen LogP contribution in [-0.4, -0.2) is 4.57 Å². The van der Waals surface area contributed by atoms with Crippen molar-refractivity contribution in [2.75, 3.05) is 4.90 Å². The molecule has 0 fully saturated rings. The molecule has 0 radical (unpaired) electrons. The molecule has 1 aromatic heterocycles. The summed E-state index contributed by atoms with van der Waals surface area (Å²) in [6.07, 6.45) is 0. The van der Waals surface area contributed by atoms with Crippen LogP contribution in [0.2, 0.25) is 0 Å². The van der Waals surface area contributed by atoms with E-state index in [4.69, 9.17) is 0 Å². The third-order valence-electron chi connectivity index (χ3n) is 11.8. The Morgan fingerprint density at radius 1 is 0.300 bits per heavy atom. The van der Waals surface area contributed by atoms with E-state index in [0.29, 0.717) is 0 Å². The molecule has 282 valence electrons. The van der Waals surface area contributed by atoms with Gasteiger partial charge in [0, 0.05) is 33.4 Å². The van der Waals surface area contributed by atoms with E-state index >= 15 is 0 Å². The van der Waals surface area contributed by atoms with E-state index in [1.165, 1.54) is 66.0 Å². The van der Waals surface area contributed by atoms with Crippen molar-refractivity contribution in [1.82, 2.24) is 4.57 Å². The quantitative estimate of drug-likeness (QED) is 0.150. The van der Waals surface area contributed by atoms with Gasteiger partial charge >= 0.3 is 0 Å². The standard InChI is InChI=1S/C58H40N2/c1-4-19-42(20-5-1)50-28-12-13-30-54(50)58-51(43-21-6-2-7-22-43)31-17-33-56(58)59(49-36-34-41-18-10-11-23-44(41)38-49)48-27-16-24-45(39-48)46-35-37-53-52-29-14-15-32-55(52)60(57(53)40-46)47-25-8-3-9-26-47/h1-40H. The van der Waals surface area contributed by atoms with E-state index in [1.54, 1.807) is 0 Å². The summed E-state index contributed by atoms with van der Waals surface area (Å²) in [7, 11) is 0. The van der Waals surface area contributed by atoms with Crippen LogP contribution >= 0.6 is 0 Å². The second kappa shape index (κ2) is 15.1. The monoisotopic (exact) mass is 764 g/mol. The Kier molecular flexibility index (Phi) is 8.87. The number of nitrogens with zero attached hydrogens (tertiary/aromatic N) is 2. The van der Waals surface area contributed by atoms with Gasteiger partial charge in [0.15, 0.2) is 0 Å². The van der Waals surface area contributed by atoms with Crippen molar-refractivity contribution in [3.63, 3.8) is 0 Å². The zero-order valence-corrected chi connectivity index (χ0v) is 33.0. The van der Waals surface area contributed by atoms with Crippen LogP contribution in [0, 0.1) is 0 Å². The molecule has 0 unspecified atom stereocenters. The normalized spacial score (nSPS) is 11.3. The highest BCUT2D eigenvalue weighted by molar-refractivity contribution is 6.10. The van der Waals surface area contributed by atoms with E-state index in [9.17, 15) is 0 Å². The van der Waals surface area contributed by atoms with Crippen molar-refractivity contribution in [2.24, 2.45) is 0 Å². The molecule has 0 saturated heterocycles. The lowest BCUT2D eigenvalue weighted by atomic mass is 9.87. The molecular weight excluding hydrogens is 725 g/mol. The average Bonchev–Trinajstić information content (AvgIpc) is 3.66. The number of hydrogen-bond acceptors (Lipinski definition) is 1. The molecule has 0 amide bonds. The van der Waals surface area contributed by atoms with Crippen LogP contribution in [0.4, 0.5) is 17.1 Å². The van der Waals surface area contributed by atoms with Gasteiger partial charge in [0.25, 0.3) is 0 Å². The van der Waals surface area contributed by atoms with Crippen LogP contribution in [0.1, 0.15) is 0 Å². The zero-order chi connectivity index (χ0) is 39.8. The van der Waals surface area contributed by atoms with Crippen molar-refractivity contribution in [3.05, 3.63) is 243 Å². The summed E-state index contributed by atoms with van der Waals surface area (Å²) in [5.41, 5.74) is 16.2. The molecule has 60 heavy (non-hydrogen) atoms. The fraction of sp³-hybridized carbons (Fsp3) is 0. The van der Waals surface area contributed by atoms with Crippen LogP contribution in [0.15, 0.2) is 243 Å². The number of para-hydroxylation sites is 2. The minimum atomic E-state index is 1.08. The molecule has 2 nitrogen and oxygen atoms in total. The van der Waals surface area contributed by atoms with Crippen molar-refractivity contribution in [1.29, 1.82) is 0 Å². The number of hydrogen-bond donors (Lipinski definition) is 0. The zero-order valence-electron chi connectivity index (χ0n) is 33.0. The fourth-order valence-electron chi connectivity index (χ4n) is 9.01. The molecule has 0 atom stereocenters. The lowest BCUT2D eigenvalue weighted by molar-refractivity contribution is 1.18. The molecule has 1 heterocycles. The number of anilines is 3. The van der Waals surface area contributed by atoms with Gasteiger partial charge in [-0.15, -0.1) is 0 Å². The van der Waals surface area contributed by atoms with Crippen molar-refractivity contribution < 1.29 is 0 Å². The van der Waals surface area contributed by atoms with Crippen molar-refractivity contribution in [3.8, 4) is 50.2 Å². The highest BCUT2D eigenvalue weighted by atomic mass is 15.1. The van der Waals surface area contributed by atoms with Crippen LogP contribution in [0.3, 0.4) is 0 Å². The van der Waals surface area contributed by atoms with Gasteiger partial charge < -0.3 is 9.47 Å². The smallest absolute Gasteiger partial charge is 0.0547 e. The van der Waals surface area contributed by atoms with Gasteiger partial charge in [-0.2, -0.15) is 0 Å².